The van der Waals surface area contributed by atoms with Gasteiger partial charge in [-0.3, -0.25) is 0 Å². The van der Waals surface area contributed by atoms with E-state index in [1.54, 1.807) is 6.07 Å². The summed E-state index contributed by atoms with van der Waals surface area (Å²) in [4.78, 5) is 0. The van der Waals surface area contributed by atoms with Crippen molar-refractivity contribution in [2.45, 2.75) is 31.7 Å². The van der Waals surface area contributed by atoms with Gasteiger partial charge in [0.25, 0.3) is 0 Å². The Morgan fingerprint density at radius 3 is 2.88 bits per heavy atom. The first-order valence-electron chi connectivity index (χ1n) is 4.97. The lowest BCUT2D eigenvalue weighted by molar-refractivity contribution is 0.549. The average Bonchev–Trinajstić information content (AvgIpc) is 2.63. The fraction of sp³-hybridized carbons (Fsp3) is 0.556. The summed E-state index contributed by atoms with van der Waals surface area (Å²) in [6.07, 6.45) is 0. The zero-order valence-corrected chi connectivity index (χ0v) is 10.1. The van der Waals surface area contributed by atoms with Crippen LogP contribution in [-0.2, 0) is 0 Å². The van der Waals surface area contributed by atoms with E-state index in [0.29, 0.717) is 11.5 Å². The molecule has 0 aromatic carbocycles. The molecule has 7 heteroatoms. The third-order valence-electron chi connectivity index (χ3n) is 2.51. The second-order valence-corrected chi connectivity index (χ2v) is 4.86. The standard InChI is InChI=1S/C9H13ClN6/c1-6(10)9(2,3)11-7-4-5-8-12-14-15-16(8)13-7/h4-6H,1-3H3,(H,11,13). The molecule has 2 rings (SSSR count). The number of hydrogen-bond donors (Lipinski definition) is 1. The van der Waals surface area contributed by atoms with Gasteiger partial charge in [-0.05, 0) is 43.3 Å². The van der Waals surface area contributed by atoms with Gasteiger partial charge in [-0.25, -0.2) is 0 Å². The van der Waals surface area contributed by atoms with Crippen LogP contribution in [0.25, 0.3) is 5.65 Å². The molecule has 0 spiro atoms. The normalized spacial score (nSPS) is 14.0. The Bertz CT molecular complexity index is 491. The molecule has 0 aliphatic carbocycles. The molecule has 0 aliphatic heterocycles. The van der Waals surface area contributed by atoms with Crippen LogP contribution < -0.4 is 5.32 Å². The minimum absolute atomic E-state index is 0.0288. The topological polar surface area (TPSA) is 68.0 Å². The van der Waals surface area contributed by atoms with Crippen molar-refractivity contribution in [2.24, 2.45) is 0 Å². The highest BCUT2D eigenvalue weighted by Crippen LogP contribution is 2.20. The van der Waals surface area contributed by atoms with E-state index in [1.165, 1.54) is 4.63 Å². The van der Waals surface area contributed by atoms with Gasteiger partial charge in [-0.15, -0.1) is 26.4 Å². The first-order chi connectivity index (χ1) is 7.49. The molecule has 0 aliphatic rings. The van der Waals surface area contributed by atoms with Crippen molar-refractivity contribution in [2.75, 3.05) is 5.32 Å². The number of alkyl halides is 1. The lowest BCUT2D eigenvalue weighted by atomic mass is 10.0. The van der Waals surface area contributed by atoms with Crippen LogP contribution in [0.4, 0.5) is 5.82 Å². The van der Waals surface area contributed by atoms with E-state index in [4.69, 9.17) is 11.6 Å². The fourth-order valence-electron chi connectivity index (χ4n) is 1.15. The highest BCUT2D eigenvalue weighted by molar-refractivity contribution is 6.21. The van der Waals surface area contributed by atoms with Crippen LogP contribution in [0.2, 0.25) is 0 Å². The summed E-state index contributed by atoms with van der Waals surface area (Å²) in [7, 11) is 0. The van der Waals surface area contributed by atoms with E-state index < -0.39 is 0 Å². The number of tetrazole rings is 1. The van der Waals surface area contributed by atoms with Crippen molar-refractivity contribution < 1.29 is 0 Å². The summed E-state index contributed by atoms with van der Waals surface area (Å²) in [6, 6.07) is 3.62. The molecule has 2 heterocycles. The van der Waals surface area contributed by atoms with E-state index in [0.717, 1.165) is 0 Å². The first kappa shape index (κ1) is 11.1. The predicted octanol–water partition coefficient (Wildman–Crippen LogP) is 1.34. The fourth-order valence-corrected chi connectivity index (χ4v) is 1.20. The van der Waals surface area contributed by atoms with Crippen LogP contribution in [0, 0.1) is 0 Å². The molecule has 1 N–H and O–H groups in total. The Labute approximate surface area is 98.0 Å². The summed E-state index contributed by atoms with van der Waals surface area (Å²) in [5.41, 5.74) is 0.359. The molecule has 2 aromatic heterocycles. The molecule has 0 fully saturated rings. The Hall–Kier alpha value is -1.43. The van der Waals surface area contributed by atoms with Crippen molar-refractivity contribution in [1.29, 1.82) is 0 Å². The SMILES string of the molecule is CC(Cl)C(C)(C)Nc1ccc2nnnn2n1. The lowest BCUT2D eigenvalue weighted by Gasteiger charge is -2.29. The van der Waals surface area contributed by atoms with Gasteiger partial charge in [0.2, 0.25) is 0 Å². The van der Waals surface area contributed by atoms with Crippen molar-refractivity contribution in [1.82, 2.24) is 25.3 Å². The number of hydrogen-bond acceptors (Lipinski definition) is 5. The van der Waals surface area contributed by atoms with Crippen LogP contribution in [0.15, 0.2) is 12.1 Å². The van der Waals surface area contributed by atoms with Gasteiger partial charge >= 0.3 is 0 Å². The van der Waals surface area contributed by atoms with E-state index in [9.17, 15) is 0 Å². The maximum absolute atomic E-state index is 6.08. The van der Waals surface area contributed by atoms with Crippen molar-refractivity contribution in [3.05, 3.63) is 12.1 Å². The van der Waals surface area contributed by atoms with Gasteiger partial charge in [-0.2, -0.15) is 0 Å². The highest BCUT2D eigenvalue weighted by atomic mass is 35.5. The number of halogens is 1. The van der Waals surface area contributed by atoms with Crippen LogP contribution in [0.5, 0.6) is 0 Å². The molecule has 0 saturated carbocycles. The first-order valence-corrected chi connectivity index (χ1v) is 5.40. The Balaban J connectivity index is 2.27. The maximum Gasteiger partial charge on any atom is 0.200 e. The second kappa shape index (κ2) is 3.86. The van der Waals surface area contributed by atoms with Crippen molar-refractivity contribution in [3.8, 4) is 0 Å². The van der Waals surface area contributed by atoms with E-state index in [2.05, 4.69) is 25.9 Å². The number of aromatic nitrogens is 5. The van der Waals surface area contributed by atoms with Crippen LogP contribution in [0.1, 0.15) is 20.8 Å². The Morgan fingerprint density at radius 2 is 2.19 bits per heavy atom. The Morgan fingerprint density at radius 1 is 1.44 bits per heavy atom. The predicted molar refractivity (Wildman–Crippen MR) is 61.6 cm³/mol. The third kappa shape index (κ3) is 2.06. The number of nitrogens with zero attached hydrogens (tertiary/aromatic N) is 5. The molecule has 6 nitrogen and oxygen atoms in total. The molecule has 86 valence electrons. The summed E-state index contributed by atoms with van der Waals surface area (Å²) in [6.45, 7) is 5.95. The summed E-state index contributed by atoms with van der Waals surface area (Å²) < 4.78 is 1.37. The van der Waals surface area contributed by atoms with E-state index in [1.807, 2.05) is 26.8 Å². The highest BCUT2D eigenvalue weighted by Gasteiger charge is 2.24. The van der Waals surface area contributed by atoms with E-state index in [-0.39, 0.29) is 10.9 Å². The lowest BCUT2D eigenvalue weighted by Crippen LogP contribution is -2.39. The largest absolute Gasteiger partial charge is 0.362 e. The number of rotatable bonds is 3. The number of nitrogens with one attached hydrogen (secondary N) is 1. The number of fused-ring (bicyclic) bond motifs is 1. The van der Waals surface area contributed by atoms with Crippen LogP contribution in [-0.4, -0.2) is 36.2 Å². The van der Waals surface area contributed by atoms with Gasteiger partial charge in [0.05, 0.1) is 5.38 Å². The van der Waals surface area contributed by atoms with Crippen molar-refractivity contribution >= 4 is 23.1 Å². The quantitative estimate of drug-likeness (QED) is 0.820. The van der Waals surface area contributed by atoms with Crippen molar-refractivity contribution in [3.63, 3.8) is 0 Å². The van der Waals surface area contributed by atoms with Gasteiger partial charge < -0.3 is 5.32 Å². The monoisotopic (exact) mass is 240 g/mol. The zero-order chi connectivity index (χ0) is 11.8. The molecular weight excluding hydrogens is 228 g/mol. The van der Waals surface area contributed by atoms with Gasteiger partial charge in [0.1, 0.15) is 5.82 Å². The zero-order valence-electron chi connectivity index (χ0n) is 9.35. The van der Waals surface area contributed by atoms with Gasteiger partial charge in [-0.1, -0.05) is 0 Å². The van der Waals surface area contributed by atoms with E-state index >= 15 is 0 Å². The van der Waals surface area contributed by atoms with Crippen LogP contribution in [0.3, 0.4) is 0 Å². The summed E-state index contributed by atoms with van der Waals surface area (Å²) in [5, 5.41) is 18.4. The van der Waals surface area contributed by atoms with Gasteiger partial charge in [0, 0.05) is 5.54 Å². The molecule has 16 heavy (non-hydrogen) atoms. The third-order valence-corrected chi connectivity index (χ3v) is 3.06. The molecule has 0 amide bonds. The average molecular weight is 241 g/mol. The molecule has 0 bridgehead atoms. The molecular formula is C9H13ClN6. The Kier molecular flexibility index (Phi) is 2.67. The number of anilines is 1. The second-order valence-electron chi connectivity index (χ2n) is 4.21. The molecule has 1 atom stereocenters. The molecule has 2 aromatic rings. The smallest absolute Gasteiger partial charge is 0.200 e. The molecule has 1 unspecified atom stereocenters. The minimum atomic E-state index is -0.254. The summed E-state index contributed by atoms with van der Waals surface area (Å²) in [5.74, 6) is 0.692. The minimum Gasteiger partial charge on any atom is -0.362 e. The molecule has 0 saturated heterocycles. The van der Waals surface area contributed by atoms with Crippen LogP contribution >= 0.6 is 11.6 Å². The molecule has 0 radical (unpaired) electrons. The van der Waals surface area contributed by atoms with Gasteiger partial charge in [0.15, 0.2) is 5.65 Å². The summed E-state index contributed by atoms with van der Waals surface area (Å²) >= 11 is 6.08. The maximum atomic E-state index is 6.08.